The van der Waals surface area contributed by atoms with E-state index >= 15 is 0 Å². The molecule has 2 atom stereocenters. The molecule has 2 unspecified atom stereocenters. The molecule has 1 nitrogen and oxygen atoms in total. The topological polar surface area (TPSA) is 17.1 Å². The molecule has 0 aliphatic heterocycles. The average Bonchev–Trinajstić information content (AvgIpc) is 2.12. The summed E-state index contributed by atoms with van der Waals surface area (Å²) in [6, 6.07) is 0. The maximum Gasteiger partial charge on any atom is 0.142 e. The molecule has 0 N–H and O–H groups in total. The van der Waals surface area contributed by atoms with Gasteiger partial charge < -0.3 is 0 Å². The van der Waals surface area contributed by atoms with Gasteiger partial charge in [-0.15, -0.1) is 0 Å². The highest BCUT2D eigenvalue weighted by Gasteiger charge is 2.36. The molecular weight excluding hydrogens is 172 g/mol. The zero-order valence-electron chi connectivity index (χ0n) is 9.58. The third-order valence-electron chi connectivity index (χ3n) is 3.74. The van der Waals surface area contributed by atoms with Gasteiger partial charge in [0.2, 0.25) is 0 Å². The summed E-state index contributed by atoms with van der Waals surface area (Å²) < 4.78 is 0. The molecule has 0 aromatic heterocycles. The first-order valence-corrected chi connectivity index (χ1v) is 5.28. The minimum Gasteiger partial charge on any atom is -0.299 e. The van der Waals surface area contributed by atoms with Crippen molar-refractivity contribution >= 4 is 6.29 Å². The summed E-state index contributed by atoms with van der Waals surface area (Å²) in [4.78, 5) is 10.3. The van der Waals surface area contributed by atoms with Gasteiger partial charge in [-0.3, -0.25) is 4.79 Å². The summed E-state index contributed by atoms with van der Waals surface area (Å²) in [6.45, 7) is 9.01. The fourth-order valence-corrected chi connectivity index (χ4v) is 2.24. The zero-order chi connectivity index (χ0) is 10.8. The van der Waals surface area contributed by atoms with E-state index < -0.39 is 0 Å². The number of carbonyl (C=O) groups is 1. The van der Waals surface area contributed by atoms with Gasteiger partial charge in [0.25, 0.3) is 0 Å². The summed E-state index contributed by atoms with van der Waals surface area (Å²) in [5, 5.41) is 0. The van der Waals surface area contributed by atoms with E-state index in [0.29, 0.717) is 11.8 Å². The van der Waals surface area contributed by atoms with Crippen molar-refractivity contribution in [1.29, 1.82) is 0 Å². The standard InChI is InChI=1S/C13H20O/c1-10-7-8-11(2)13(3,4)12(10)6-5-9-14/h5-7,9,11-12H,8H2,1-4H3. The summed E-state index contributed by atoms with van der Waals surface area (Å²) in [5.41, 5.74) is 1.66. The van der Waals surface area contributed by atoms with E-state index in [0.717, 1.165) is 12.7 Å². The largest absolute Gasteiger partial charge is 0.299 e. The number of hydrogen-bond donors (Lipinski definition) is 0. The van der Waals surface area contributed by atoms with Crippen LogP contribution in [-0.4, -0.2) is 6.29 Å². The van der Waals surface area contributed by atoms with Crippen LogP contribution in [0.15, 0.2) is 23.8 Å². The molecular formula is C13H20O. The van der Waals surface area contributed by atoms with Gasteiger partial charge in [0.15, 0.2) is 0 Å². The molecule has 0 spiro atoms. The van der Waals surface area contributed by atoms with E-state index in [1.807, 2.05) is 6.08 Å². The Morgan fingerprint density at radius 3 is 2.71 bits per heavy atom. The molecule has 0 heterocycles. The fourth-order valence-electron chi connectivity index (χ4n) is 2.24. The van der Waals surface area contributed by atoms with E-state index in [2.05, 4.69) is 33.8 Å². The van der Waals surface area contributed by atoms with Gasteiger partial charge in [0.1, 0.15) is 6.29 Å². The number of carbonyl (C=O) groups excluding carboxylic acids is 1. The quantitative estimate of drug-likeness (QED) is 0.372. The normalized spacial score (nSPS) is 31.6. The Kier molecular flexibility index (Phi) is 3.30. The van der Waals surface area contributed by atoms with E-state index in [1.54, 1.807) is 6.08 Å². The highest BCUT2D eigenvalue weighted by molar-refractivity contribution is 5.64. The Morgan fingerprint density at radius 1 is 1.50 bits per heavy atom. The van der Waals surface area contributed by atoms with Gasteiger partial charge in [0.05, 0.1) is 0 Å². The van der Waals surface area contributed by atoms with Crippen LogP contribution in [-0.2, 0) is 4.79 Å². The van der Waals surface area contributed by atoms with Crippen molar-refractivity contribution < 1.29 is 4.79 Å². The second kappa shape index (κ2) is 4.12. The molecule has 14 heavy (non-hydrogen) atoms. The number of aldehydes is 1. The molecule has 0 radical (unpaired) electrons. The molecule has 0 aromatic carbocycles. The molecule has 0 amide bonds. The van der Waals surface area contributed by atoms with Crippen molar-refractivity contribution in [3.8, 4) is 0 Å². The van der Waals surface area contributed by atoms with Crippen LogP contribution in [0.2, 0.25) is 0 Å². The van der Waals surface area contributed by atoms with Gasteiger partial charge in [-0.1, -0.05) is 38.5 Å². The summed E-state index contributed by atoms with van der Waals surface area (Å²) >= 11 is 0. The van der Waals surface area contributed by atoms with Gasteiger partial charge in [-0.2, -0.15) is 0 Å². The van der Waals surface area contributed by atoms with Crippen LogP contribution in [0.3, 0.4) is 0 Å². The van der Waals surface area contributed by atoms with Gasteiger partial charge in [-0.25, -0.2) is 0 Å². The van der Waals surface area contributed by atoms with E-state index in [4.69, 9.17) is 0 Å². The summed E-state index contributed by atoms with van der Waals surface area (Å²) in [7, 11) is 0. The fraction of sp³-hybridized carbons (Fsp3) is 0.615. The Hall–Kier alpha value is -0.850. The lowest BCUT2D eigenvalue weighted by Gasteiger charge is -2.42. The lowest BCUT2D eigenvalue weighted by molar-refractivity contribution is -0.104. The first-order chi connectivity index (χ1) is 6.50. The maximum atomic E-state index is 10.3. The monoisotopic (exact) mass is 192 g/mol. The highest BCUT2D eigenvalue weighted by Crippen LogP contribution is 2.45. The Morgan fingerprint density at radius 2 is 2.14 bits per heavy atom. The Bertz CT molecular complexity index is 271. The van der Waals surface area contributed by atoms with Gasteiger partial charge in [0, 0.05) is 5.92 Å². The number of allylic oxidation sites excluding steroid dienone is 4. The predicted octanol–water partition coefficient (Wildman–Crippen LogP) is 3.37. The first kappa shape index (κ1) is 11.2. The van der Waals surface area contributed by atoms with Crippen molar-refractivity contribution in [2.24, 2.45) is 17.3 Å². The van der Waals surface area contributed by atoms with E-state index in [-0.39, 0.29) is 5.41 Å². The van der Waals surface area contributed by atoms with Crippen molar-refractivity contribution in [2.75, 3.05) is 0 Å². The van der Waals surface area contributed by atoms with Crippen molar-refractivity contribution in [1.82, 2.24) is 0 Å². The third-order valence-corrected chi connectivity index (χ3v) is 3.74. The van der Waals surface area contributed by atoms with Crippen molar-refractivity contribution in [3.63, 3.8) is 0 Å². The smallest absolute Gasteiger partial charge is 0.142 e. The SMILES string of the molecule is CC1=CCC(C)C(C)(C)C1C=CC=O. The maximum absolute atomic E-state index is 10.3. The summed E-state index contributed by atoms with van der Waals surface area (Å²) in [5.74, 6) is 1.09. The van der Waals surface area contributed by atoms with Crippen molar-refractivity contribution in [2.45, 2.75) is 34.1 Å². The van der Waals surface area contributed by atoms with Gasteiger partial charge >= 0.3 is 0 Å². The lowest BCUT2D eigenvalue weighted by Crippen LogP contribution is -2.33. The predicted molar refractivity (Wildman–Crippen MR) is 60.0 cm³/mol. The number of hydrogen-bond acceptors (Lipinski definition) is 1. The zero-order valence-corrected chi connectivity index (χ0v) is 9.58. The Balaban J connectivity index is 2.97. The van der Waals surface area contributed by atoms with Crippen molar-refractivity contribution in [3.05, 3.63) is 23.8 Å². The molecule has 1 heteroatoms. The molecule has 0 fully saturated rings. The lowest BCUT2D eigenvalue weighted by atomic mass is 9.63. The van der Waals surface area contributed by atoms with Crippen LogP contribution in [0.4, 0.5) is 0 Å². The second-order valence-corrected chi connectivity index (χ2v) is 4.90. The first-order valence-electron chi connectivity index (χ1n) is 5.28. The molecule has 0 aromatic rings. The summed E-state index contributed by atoms with van der Waals surface area (Å²) in [6.07, 6.45) is 7.99. The Labute approximate surface area is 86.9 Å². The molecule has 0 bridgehead atoms. The minimum absolute atomic E-state index is 0.262. The minimum atomic E-state index is 0.262. The molecule has 0 saturated carbocycles. The second-order valence-electron chi connectivity index (χ2n) is 4.90. The molecule has 1 aliphatic carbocycles. The van der Waals surface area contributed by atoms with Crippen LogP contribution in [0.1, 0.15) is 34.1 Å². The average molecular weight is 192 g/mol. The van der Waals surface area contributed by atoms with Crippen LogP contribution in [0.5, 0.6) is 0 Å². The van der Waals surface area contributed by atoms with Crippen LogP contribution >= 0.6 is 0 Å². The van der Waals surface area contributed by atoms with E-state index in [1.165, 1.54) is 5.57 Å². The van der Waals surface area contributed by atoms with Crippen LogP contribution in [0.25, 0.3) is 0 Å². The highest BCUT2D eigenvalue weighted by atomic mass is 16.1. The molecule has 1 aliphatic rings. The molecule has 0 saturated heterocycles. The van der Waals surface area contributed by atoms with Crippen LogP contribution < -0.4 is 0 Å². The third kappa shape index (κ3) is 1.97. The number of rotatable bonds is 2. The molecule has 1 rings (SSSR count). The molecule has 78 valence electrons. The van der Waals surface area contributed by atoms with Crippen LogP contribution in [0, 0.1) is 17.3 Å². The van der Waals surface area contributed by atoms with E-state index in [9.17, 15) is 4.79 Å². The van der Waals surface area contributed by atoms with Gasteiger partial charge in [-0.05, 0) is 30.8 Å².